The first-order valence-corrected chi connectivity index (χ1v) is 9.36. The molecule has 0 aliphatic carbocycles. The molecule has 0 atom stereocenters. The number of hydrogen-bond acceptors (Lipinski definition) is 2. The van der Waals surface area contributed by atoms with Crippen molar-refractivity contribution in [3.05, 3.63) is 71.5 Å². The Morgan fingerprint density at radius 3 is 2.38 bits per heavy atom. The van der Waals surface area contributed by atoms with Crippen LogP contribution in [0.1, 0.15) is 49.3 Å². The van der Waals surface area contributed by atoms with E-state index in [-0.39, 0.29) is 11.7 Å². The molecule has 26 heavy (non-hydrogen) atoms. The molecule has 0 radical (unpaired) electrons. The summed E-state index contributed by atoms with van der Waals surface area (Å²) < 4.78 is 2.14. The molecule has 0 saturated carbocycles. The molecule has 0 bridgehead atoms. The second kappa shape index (κ2) is 7.69. The predicted octanol–water partition coefficient (Wildman–Crippen LogP) is 5.50. The summed E-state index contributed by atoms with van der Waals surface area (Å²) in [7, 11) is 0. The molecule has 1 aromatic heterocycles. The Morgan fingerprint density at radius 1 is 1.04 bits per heavy atom. The third-order valence-corrected chi connectivity index (χ3v) is 4.69. The average molecular weight is 346 g/mol. The molecule has 0 fully saturated rings. The van der Waals surface area contributed by atoms with Crippen LogP contribution in [0.4, 0.5) is 0 Å². The van der Waals surface area contributed by atoms with Crippen LogP contribution in [-0.4, -0.2) is 15.3 Å². The van der Waals surface area contributed by atoms with Crippen LogP contribution in [0.25, 0.3) is 17.1 Å². The maximum atomic E-state index is 12.5. The number of benzene rings is 2. The molecule has 0 N–H and O–H groups in total. The normalized spacial score (nSPS) is 11.1. The number of para-hydroxylation sites is 1. The minimum atomic E-state index is 0.00384. The summed E-state index contributed by atoms with van der Waals surface area (Å²) in [4.78, 5) is 17.3. The van der Waals surface area contributed by atoms with Gasteiger partial charge in [-0.05, 0) is 36.6 Å². The highest BCUT2D eigenvalue weighted by Gasteiger charge is 2.17. The number of imidazole rings is 1. The SMILES string of the molecule is CCc1cn(-c2ccccc2)c(-c2ccc(C(=O)C(C)C)c(CC)c2)n1. The van der Waals surface area contributed by atoms with Crippen molar-refractivity contribution in [1.29, 1.82) is 0 Å². The number of hydrogen-bond donors (Lipinski definition) is 0. The largest absolute Gasteiger partial charge is 0.300 e. The number of aryl methyl sites for hydroxylation is 2. The average Bonchev–Trinajstić information content (AvgIpc) is 3.12. The maximum Gasteiger partial charge on any atom is 0.165 e. The standard InChI is InChI=1S/C23H26N2O/c1-5-17-14-18(12-13-21(17)22(26)16(3)4)23-24-19(6-2)15-25(23)20-10-8-7-9-11-20/h7-16H,5-6H2,1-4H3. The molecular weight excluding hydrogens is 320 g/mol. The lowest BCUT2D eigenvalue weighted by Crippen LogP contribution is -2.10. The van der Waals surface area contributed by atoms with Crippen molar-refractivity contribution < 1.29 is 4.79 Å². The van der Waals surface area contributed by atoms with Crippen LogP contribution in [-0.2, 0) is 12.8 Å². The van der Waals surface area contributed by atoms with Gasteiger partial charge in [0.1, 0.15) is 5.82 Å². The van der Waals surface area contributed by atoms with Gasteiger partial charge in [0.2, 0.25) is 0 Å². The van der Waals surface area contributed by atoms with Crippen molar-refractivity contribution >= 4 is 5.78 Å². The van der Waals surface area contributed by atoms with Gasteiger partial charge >= 0.3 is 0 Å². The lowest BCUT2D eigenvalue weighted by molar-refractivity contribution is 0.0938. The molecule has 0 aliphatic rings. The van der Waals surface area contributed by atoms with Gasteiger partial charge in [0.15, 0.2) is 5.78 Å². The Balaban J connectivity index is 2.12. The molecular formula is C23H26N2O. The summed E-state index contributed by atoms with van der Waals surface area (Å²) in [6, 6.07) is 16.4. The Labute approximate surface area is 155 Å². The third kappa shape index (κ3) is 3.48. The van der Waals surface area contributed by atoms with Crippen LogP contribution in [0.5, 0.6) is 0 Å². The molecule has 0 spiro atoms. The molecule has 3 heteroatoms. The van der Waals surface area contributed by atoms with Crippen molar-refractivity contribution in [3.8, 4) is 17.1 Å². The fraction of sp³-hybridized carbons (Fsp3) is 0.304. The van der Waals surface area contributed by atoms with Crippen molar-refractivity contribution in [3.63, 3.8) is 0 Å². The van der Waals surface area contributed by atoms with E-state index in [0.29, 0.717) is 0 Å². The van der Waals surface area contributed by atoms with Crippen molar-refractivity contribution in [1.82, 2.24) is 9.55 Å². The molecule has 0 aliphatic heterocycles. The Hall–Kier alpha value is -2.68. The number of nitrogens with zero attached hydrogens (tertiary/aromatic N) is 2. The molecule has 134 valence electrons. The third-order valence-electron chi connectivity index (χ3n) is 4.69. The molecule has 0 amide bonds. The fourth-order valence-electron chi connectivity index (χ4n) is 3.17. The Kier molecular flexibility index (Phi) is 5.36. The lowest BCUT2D eigenvalue weighted by Gasteiger charge is -2.13. The highest BCUT2D eigenvalue weighted by Crippen LogP contribution is 2.27. The topological polar surface area (TPSA) is 34.9 Å². The van der Waals surface area contributed by atoms with E-state index in [0.717, 1.165) is 46.7 Å². The van der Waals surface area contributed by atoms with Crippen molar-refractivity contribution in [2.45, 2.75) is 40.5 Å². The zero-order chi connectivity index (χ0) is 18.7. The predicted molar refractivity (Wildman–Crippen MR) is 107 cm³/mol. The summed E-state index contributed by atoms with van der Waals surface area (Å²) in [6.45, 7) is 8.11. The first kappa shape index (κ1) is 18.1. The van der Waals surface area contributed by atoms with Crippen LogP contribution in [0, 0.1) is 5.92 Å². The molecule has 3 aromatic rings. The number of aromatic nitrogens is 2. The van der Waals surface area contributed by atoms with Gasteiger partial charge in [0, 0.05) is 28.9 Å². The number of Topliss-reactive ketones (excluding diaryl/α,β-unsaturated/α-hetero) is 1. The van der Waals surface area contributed by atoms with E-state index in [2.05, 4.69) is 42.8 Å². The van der Waals surface area contributed by atoms with Gasteiger partial charge in [-0.25, -0.2) is 4.98 Å². The summed E-state index contributed by atoms with van der Waals surface area (Å²) in [5, 5.41) is 0. The van der Waals surface area contributed by atoms with Gasteiger partial charge in [-0.15, -0.1) is 0 Å². The van der Waals surface area contributed by atoms with Crippen LogP contribution in [0.3, 0.4) is 0 Å². The molecule has 0 saturated heterocycles. The van der Waals surface area contributed by atoms with E-state index in [9.17, 15) is 4.79 Å². The zero-order valence-electron chi connectivity index (χ0n) is 16.0. The van der Waals surface area contributed by atoms with Crippen molar-refractivity contribution in [2.75, 3.05) is 0 Å². The first-order valence-electron chi connectivity index (χ1n) is 9.36. The van der Waals surface area contributed by atoms with Crippen LogP contribution >= 0.6 is 0 Å². The molecule has 3 rings (SSSR count). The van der Waals surface area contributed by atoms with E-state index in [1.165, 1.54) is 0 Å². The second-order valence-corrected chi connectivity index (χ2v) is 6.86. The zero-order valence-corrected chi connectivity index (χ0v) is 16.0. The minimum Gasteiger partial charge on any atom is -0.300 e. The number of rotatable bonds is 6. The van der Waals surface area contributed by atoms with Gasteiger partial charge in [-0.2, -0.15) is 0 Å². The number of ketones is 1. The van der Waals surface area contributed by atoms with E-state index < -0.39 is 0 Å². The Morgan fingerprint density at radius 2 is 1.77 bits per heavy atom. The van der Waals surface area contributed by atoms with Crippen LogP contribution in [0.15, 0.2) is 54.7 Å². The van der Waals surface area contributed by atoms with Gasteiger partial charge < -0.3 is 0 Å². The van der Waals surface area contributed by atoms with E-state index in [1.807, 2.05) is 44.2 Å². The summed E-state index contributed by atoms with van der Waals surface area (Å²) in [5.41, 5.74) is 5.12. The van der Waals surface area contributed by atoms with E-state index in [1.54, 1.807) is 0 Å². The van der Waals surface area contributed by atoms with E-state index >= 15 is 0 Å². The molecule has 3 nitrogen and oxygen atoms in total. The summed E-state index contributed by atoms with van der Waals surface area (Å²) >= 11 is 0. The van der Waals surface area contributed by atoms with Crippen LogP contribution in [0.2, 0.25) is 0 Å². The highest BCUT2D eigenvalue weighted by atomic mass is 16.1. The molecule has 0 unspecified atom stereocenters. The molecule has 2 aromatic carbocycles. The van der Waals surface area contributed by atoms with Crippen LogP contribution < -0.4 is 0 Å². The second-order valence-electron chi connectivity index (χ2n) is 6.86. The Bertz CT molecular complexity index is 907. The quantitative estimate of drug-likeness (QED) is 0.552. The highest BCUT2D eigenvalue weighted by molar-refractivity contribution is 5.99. The van der Waals surface area contributed by atoms with Gasteiger partial charge in [0.05, 0.1) is 5.69 Å². The number of carbonyl (C=O) groups excluding carboxylic acids is 1. The minimum absolute atomic E-state index is 0.00384. The first-order chi connectivity index (χ1) is 12.5. The molecule has 1 heterocycles. The maximum absolute atomic E-state index is 12.5. The monoisotopic (exact) mass is 346 g/mol. The van der Waals surface area contributed by atoms with Gasteiger partial charge in [-0.1, -0.05) is 58.0 Å². The summed E-state index contributed by atoms with van der Waals surface area (Å²) in [5.74, 6) is 1.13. The lowest BCUT2D eigenvalue weighted by atomic mass is 9.93. The number of carbonyl (C=O) groups is 1. The van der Waals surface area contributed by atoms with Gasteiger partial charge in [0.25, 0.3) is 0 Å². The summed E-state index contributed by atoms with van der Waals surface area (Å²) in [6.07, 6.45) is 3.81. The smallest absolute Gasteiger partial charge is 0.165 e. The fourth-order valence-corrected chi connectivity index (χ4v) is 3.17. The van der Waals surface area contributed by atoms with Crippen molar-refractivity contribution in [2.24, 2.45) is 5.92 Å². The van der Waals surface area contributed by atoms with E-state index in [4.69, 9.17) is 4.98 Å². The van der Waals surface area contributed by atoms with Gasteiger partial charge in [-0.3, -0.25) is 9.36 Å².